The monoisotopic (exact) mass is 266 g/mol. The van der Waals surface area contributed by atoms with Gasteiger partial charge < -0.3 is 14.6 Å². The van der Waals surface area contributed by atoms with Crippen molar-refractivity contribution in [3.05, 3.63) is 11.6 Å². The van der Waals surface area contributed by atoms with Gasteiger partial charge in [-0.25, -0.2) is 0 Å². The SMILES string of the molecule is CCOC(=O)CCCNCc1nnc2n1CCCC2. The lowest BCUT2D eigenvalue weighted by Gasteiger charge is -2.14. The van der Waals surface area contributed by atoms with Crippen molar-refractivity contribution in [2.45, 2.75) is 52.1 Å². The molecular formula is C13H22N4O2. The highest BCUT2D eigenvalue weighted by atomic mass is 16.5. The largest absolute Gasteiger partial charge is 0.466 e. The molecule has 2 rings (SSSR count). The van der Waals surface area contributed by atoms with Gasteiger partial charge in [-0.2, -0.15) is 0 Å². The molecule has 0 radical (unpaired) electrons. The Hall–Kier alpha value is -1.43. The fraction of sp³-hybridized carbons (Fsp3) is 0.769. The van der Waals surface area contributed by atoms with Crippen LogP contribution in [0.3, 0.4) is 0 Å². The van der Waals surface area contributed by atoms with Gasteiger partial charge in [0.25, 0.3) is 0 Å². The van der Waals surface area contributed by atoms with E-state index in [1.54, 1.807) is 0 Å². The summed E-state index contributed by atoms with van der Waals surface area (Å²) in [6.07, 6.45) is 4.72. The summed E-state index contributed by atoms with van der Waals surface area (Å²) in [5.74, 6) is 1.99. The first-order chi connectivity index (χ1) is 9.31. The molecule has 0 amide bonds. The van der Waals surface area contributed by atoms with E-state index < -0.39 is 0 Å². The summed E-state index contributed by atoms with van der Waals surface area (Å²) in [6.45, 7) is 4.82. The number of carbonyl (C=O) groups excluding carboxylic acids is 1. The van der Waals surface area contributed by atoms with Gasteiger partial charge in [0.1, 0.15) is 11.6 Å². The molecule has 19 heavy (non-hydrogen) atoms. The molecule has 1 N–H and O–H groups in total. The van der Waals surface area contributed by atoms with Gasteiger partial charge in [0.2, 0.25) is 0 Å². The molecule has 106 valence electrons. The molecule has 0 saturated heterocycles. The first-order valence-corrected chi connectivity index (χ1v) is 7.08. The maximum absolute atomic E-state index is 11.1. The van der Waals surface area contributed by atoms with E-state index in [4.69, 9.17) is 4.74 Å². The van der Waals surface area contributed by atoms with E-state index in [0.717, 1.165) is 44.1 Å². The Bertz CT molecular complexity index is 417. The normalized spacial score (nSPS) is 14.2. The predicted molar refractivity (Wildman–Crippen MR) is 70.5 cm³/mol. The van der Waals surface area contributed by atoms with Crippen molar-refractivity contribution in [1.82, 2.24) is 20.1 Å². The number of aromatic nitrogens is 3. The van der Waals surface area contributed by atoms with Crippen LogP contribution in [-0.2, 0) is 29.0 Å². The molecule has 6 heteroatoms. The predicted octanol–water partition coefficient (Wildman–Crippen LogP) is 1.05. The molecule has 0 saturated carbocycles. The highest BCUT2D eigenvalue weighted by molar-refractivity contribution is 5.69. The van der Waals surface area contributed by atoms with E-state index in [-0.39, 0.29) is 5.97 Å². The van der Waals surface area contributed by atoms with Gasteiger partial charge in [-0.1, -0.05) is 0 Å². The van der Waals surface area contributed by atoms with Gasteiger partial charge in [0, 0.05) is 19.4 Å². The van der Waals surface area contributed by atoms with Crippen molar-refractivity contribution >= 4 is 5.97 Å². The van der Waals surface area contributed by atoms with Crippen molar-refractivity contribution in [1.29, 1.82) is 0 Å². The first-order valence-electron chi connectivity index (χ1n) is 7.08. The van der Waals surface area contributed by atoms with Gasteiger partial charge in [0.05, 0.1) is 13.2 Å². The molecule has 0 bridgehead atoms. The molecule has 1 aliphatic heterocycles. The van der Waals surface area contributed by atoms with Gasteiger partial charge >= 0.3 is 5.97 Å². The highest BCUT2D eigenvalue weighted by Crippen LogP contribution is 2.13. The van der Waals surface area contributed by atoms with Gasteiger partial charge in [-0.3, -0.25) is 4.79 Å². The Kier molecular flexibility index (Phi) is 5.32. The van der Waals surface area contributed by atoms with Crippen LogP contribution < -0.4 is 5.32 Å². The van der Waals surface area contributed by atoms with Gasteiger partial charge in [0.15, 0.2) is 0 Å². The van der Waals surface area contributed by atoms with Crippen LogP contribution >= 0.6 is 0 Å². The van der Waals surface area contributed by atoms with Crippen molar-refractivity contribution in [2.75, 3.05) is 13.2 Å². The second-order valence-corrected chi connectivity index (χ2v) is 4.73. The molecule has 2 heterocycles. The third-order valence-electron chi connectivity index (χ3n) is 3.26. The number of carbonyl (C=O) groups is 1. The lowest BCUT2D eigenvalue weighted by atomic mass is 10.2. The zero-order valence-electron chi connectivity index (χ0n) is 11.5. The maximum atomic E-state index is 11.1. The standard InChI is InChI=1S/C13H22N4O2/c1-2-19-13(18)7-5-8-14-10-12-16-15-11-6-3-4-9-17(11)12/h14H,2-10H2,1H3. The Morgan fingerprint density at radius 3 is 3.16 bits per heavy atom. The number of rotatable bonds is 7. The molecule has 0 atom stereocenters. The Morgan fingerprint density at radius 2 is 2.32 bits per heavy atom. The maximum Gasteiger partial charge on any atom is 0.305 e. The quantitative estimate of drug-likeness (QED) is 0.590. The minimum Gasteiger partial charge on any atom is -0.466 e. The number of aryl methyl sites for hydroxylation is 1. The summed E-state index contributed by atoms with van der Waals surface area (Å²) in [5.41, 5.74) is 0. The average molecular weight is 266 g/mol. The van der Waals surface area contributed by atoms with Crippen LogP contribution in [0, 0.1) is 0 Å². The molecule has 1 aliphatic rings. The molecule has 0 unspecified atom stereocenters. The molecular weight excluding hydrogens is 244 g/mol. The number of fused-ring (bicyclic) bond motifs is 1. The van der Waals surface area contributed by atoms with E-state index >= 15 is 0 Å². The van der Waals surface area contributed by atoms with E-state index in [0.29, 0.717) is 13.0 Å². The zero-order valence-corrected chi connectivity index (χ0v) is 11.5. The third-order valence-corrected chi connectivity index (χ3v) is 3.26. The minimum atomic E-state index is -0.121. The highest BCUT2D eigenvalue weighted by Gasteiger charge is 2.14. The van der Waals surface area contributed by atoms with Crippen LogP contribution in [0.25, 0.3) is 0 Å². The third kappa shape index (κ3) is 4.02. The summed E-state index contributed by atoms with van der Waals surface area (Å²) in [4.78, 5) is 11.1. The van der Waals surface area contributed by atoms with Crippen LogP contribution in [0.2, 0.25) is 0 Å². The van der Waals surface area contributed by atoms with Crippen LogP contribution in [-0.4, -0.2) is 33.9 Å². The summed E-state index contributed by atoms with van der Waals surface area (Å²) in [7, 11) is 0. The van der Waals surface area contributed by atoms with Crippen molar-refractivity contribution in [2.24, 2.45) is 0 Å². The Morgan fingerprint density at radius 1 is 1.42 bits per heavy atom. The topological polar surface area (TPSA) is 69.0 Å². The number of ether oxygens (including phenoxy) is 1. The van der Waals surface area contributed by atoms with Crippen LogP contribution in [0.1, 0.15) is 44.3 Å². The Labute approximate surface area is 113 Å². The van der Waals surface area contributed by atoms with Gasteiger partial charge in [-0.05, 0) is 32.7 Å². The second-order valence-electron chi connectivity index (χ2n) is 4.73. The van der Waals surface area contributed by atoms with Crippen molar-refractivity contribution in [3.63, 3.8) is 0 Å². The number of esters is 1. The van der Waals surface area contributed by atoms with Crippen molar-refractivity contribution in [3.8, 4) is 0 Å². The van der Waals surface area contributed by atoms with Crippen molar-refractivity contribution < 1.29 is 9.53 Å². The molecule has 0 spiro atoms. The van der Waals surface area contributed by atoms with E-state index in [9.17, 15) is 4.79 Å². The number of hydrogen-bond acceptors (Lipinski definition) is 5. The van der Waals surface area contributed by atoms with Crippen LogP contribution in [0.15, 0.2) is 0 Å². The minimum absolute atomic E-state index is 0.121. The molecule has 1 aromatic heterocycles. The summed E-state index contributed by atoms with van der Waals surface area (Å²) >= 11 is 0. The van der Waals surface area contributed by atoms with E-state index in [1.807, 2.05) is 6.92 Å². The number of nitrogens with one attached hydrogen (secondary N) is 1. The smallest absolute Gasteiger partial charge is 0.305 e. The average Bonchev–Trinajstić information content (AvgIpc) is 2.82. The van der Waals surface area contributed by atoms with Gasteiger partial charge in [-0.15, -0.1) is 10.2 Å². The summed E-state index contributed by atoms with van der Waals surface area (Å²) < 4.78 is 7.09. The number of nitrogens with zero attached hydrogens (tertiary/aromatic N) is 3. The zero-order chi connectivity index (χ0) is 13.5. The van der Waals surface area contributed by atoms with E-state index in [1.165, 1.54) is 12.8 Å². The fourth-order valence-corrected chi connectivity index (χ4v) is 2.29. The van der Waals surface area contributed by atoms with Crippen LogP contribution in [0.5, 0.6) is 0 Å². The first kappa shape index (κ1) is 14.0. The summed E-state index contributed by atoms with van der Waals surface area (Å²) in [5, 5.41) is 11.7. The second kappa shape index (κ2) is 7.23. The molecule has 0 aliphatic carbocycles. The molecule has 0 fully saturated rings. The fourth-order valence-electron chi connectivity index (χ4n) is 2.29. The lowest BCUT2D eigenvalue weighted by Crippen LogP contribution is -2.21. The molecule has 0 aromatic carbocycles. The number of hydrogen-bond donors (Lipinski definition) is 1. The lowest BCUT2D eigenvalue weighted by molar-refractivity contribution is -0.143. The molecule has 1 aromatic rings. The van der Waals surface area contributed by atoms with E-state index in [2.05, 4.69) is 20.1 Å². The molecule has 6 nitrogen and oxygen atoms in total. The van der Waals surface area contributed by atoms with Crippen LogP contribution in [0.4, 0.5) is 0 Å². The Balaban J connectivity index is 1.66. The summed E-state index contributed by atoms with van der Waals surface area (Å²) in [6, 6.07) is 0.